The number of pyridine rings is 1. The Morgan fingerprint density at radius 1 is 1.27 bits per heavy atom. The largest absolute Gasteiger partial charge is 0.480 e. The molecule has 0 saturated carbocycles. The number of aliphatic carboxylic acids is 1. The maximum absolute atomic E-state index is 13.4. The van der Waals surface area contributed by atoms with Gasteiger partial charge in [0.25, 0.3) is 5.56 Å². The molecule has 5 nitrogen and oxygen atoms in total. The summed E-state index contributed by atoms with van der Waals surface area (Å²) in [5.74, 6) is -1.23. The summed E-state index contributed by atoms with van der Waals surface area (Å²) in [4.78, 5) is 25.9. The first kappa shape index (κ1) is 20.5. The Kier molecular flexibility index (Phi) is 6.49. The lowest BCUT2D eigenvalue weighted by Gasteiger charge is -2.22. The first-order chi connectivity index (χ1) is 12.1. The van der Waals surface area contributed by atoms with Crippen LogP contribution in [-0.4, -0.2) is 40.2 Å². The van der Waals surface area contributed by atoms with E-state index in [4.69, 9.17) is 0 Å². The van der Waals surface area contributed by atoms with Crippen LogP contribution in [0.3, 0.4) is 0 Å². The Morgan fingerprint density at radius 3 is 2.38 bits per heavy atom. The molecular formula is C18H25F3N2O3. The van der Waals surface area contributed by atoms with E-state index in [9.17, 15) is 27.9 Å². The standard InChI is InChI=1S/C18H25F3N2O3/c1-12(2)9-15(17(25)26)23-11-13(5-8-22-6-3-4-7-22)14(10-16(23)24)18(19,20)21/h10-12,15H,3-9H2,1-2H3,(H,25,26). The number of hydrogen-bond acceptors (Lipinski definition) is 3. The molecule has 1 N–H and O–H groups in total. The Balaban J connectivity index is 2.41. The predicted octanol–water partition coefficient (Wildman–Crippen LogP) is 3.18. The molecule has 1 unspecified atom stereocenters. The molecule has 1 aliphatic heterocycles. The van der Waals surface area contributed by atoms with Crippen molar-refractivity contribution in [2.24, 2.45) is 5.92 Å². The van der Waals surface area contributed by atoms with E-state index in [0.717, 1.165) is 36.7 Å². The van der Waals surface area contributed by atoms with E-state index in [1.54, 1.807) is 13.8 Å². The number of likely N-dealkylation sites (tertiary alicyclic amines) is 1. The molecule has 0 aliphatic carbocycles. The van der Waals surface area contributed by atoms with Gasteiger partial charge in [0.2, 0.25) is 0 Å². The zero-order valence-corrected chi connectivity index (χ0v) is 15.1. The van der Waals surface area contributed by atoms with Crippen molar-refractivity contribution in [3.63, 3.8) is 0 Å². The maximum atomic E-state index is 13.4. The number of rotatable bonds is 7. The normalized spacial score (nSPS) is 17.0. The van der Waals surface area contributed by atoms with Crippen molar-refractivity contribution < 1.29 is 23.1 Å². The Labute approximate surface area is 150 Å². The topological polar surface area (TPSA) is 62.5 Å². The number of hydrogen-bond donors (Lipinski definition) is 1. The molecule has 0 amide bonds. The first-order valence-corrected chi connectivity index (χ1v) is 8.87. The van der Waals surface area contributed by atoms with Crippen LogP contribution in [0, 0.1) is 5.92 Å². The van der Waals surface area contributed by atoms with E-state index in [2.05, 4.69) is 4.90 Å². The second kappa shape index (κ2) is 8.24. The number of aromatic nitrogens is 1. The van der Waals surface area contributed by atoms with Crippen molar-refractivity contribution in [3.8, 4) is 0 Å². The van der Waals surface area contributed by atoms with Crippen molar-refractivity contribution in [3.05, 3.63) is 33.7 Å². The molecule has 1 aromatic heterocycles. The van der Waals surface area contributed by atoms with E-state index >= 15 is 0 Å². The number of halogens is 3. The first-order valence-electron chi connectivity index (χ1n) is 8.87. The Morgan fingerprint density at radius 2 is 1.88 bits per heavy atom. The molecule has 2 rings (SSSR count). The summed E-state index contributed by atoms with van der Waals surface area (Å²) < 4.78 is 41.0. The van der Waals surface area contributed by atoms with Crippen LogP contribution in [0.4, 0.5) is 13.2 Å². The van der Waals surface area contributed by atoms with Crippen LogP contribution in [0.5, 0.6) is 0 Å². The fourth-order valence-corrected chi connectivity index (χ4v) is 3.36. The third-order valence-corrected chi connectivity index (χ3v) is 4.68. The molecule has 1 aliphatic rings. The summed E-state index contributed by atoms with van der Waals surface area (Å²) >= 11 is 0. The zero-order chi connectivity index (χ0) is 19.5. The van der Waals surface area contributed by atoms with Gasteiger partial charge in [0.1, 0.15) is 6.04 Å². The molecule has 0 radical (unpaired) electrons. The fourth-order valence-electron chi connectivity index (χ4n) is 3.36. The van der Waals surface area contributed by atoms with Gasteiger partial charge < -0.3 is 14.6 Å². The van der Waals surface area contributed by atoms with E-state index < -0.39 is 29.3 Å². The van der Waals surface area contributed by atoms with Crippen LogP contribution in [-0.2, 0) is 17.4 Å². The van der Waals surface area contributed by atoms with Gasteiger partial charge in [-0.2, -0.15) is 13.2 Å². The smallest absolute Gasteiger partial charge is 0.416 e. The number of carboxylic acid groups (broad SMARTS) is 1. The lowest BCUT2D eigenvalue weighted by atomic mass is 10.0. The highest BCUT2D eigenvalue weighted by atomic mass is 19.4. The van der Waals surface area contributed by atoms with Gasteiger partial charge in [-0.25, -0.2) is 4.79 Å². The molecule has 0 spiro atoms. The van der Waals surface area contributed by atoms with Gasteiger partial charge in [-0.05, 0) is 50.3 Å². The van der Waals surface area contributed by atoms with Gasteiger partial charge in [-0.3, -0.25) is 4.79 Å². The highest BCUT2D eigenvalue weighted by Crippen LogP contribution is 2.32. The van der Waals surface area contributed by atoms with Gasteiger partial charge >= 0.3 is 12.1 Å². The number of carbonyl (C=O) groups is 1. The van der Waals surface area contributed by atoms with Crippen LogP contribution >= 0.6 is 0 Å². The van der Waals surface area contributed by atoms with E-state index in [-0.39, 0.29) is 24.3 Å². The second-order valence-corrected chi connectivity index (χ2v) is 7.24. The number of nitrogens with zero attached hydrogens (tertiary/aromatic N) is 2. The van der Waals surface area contributed by atoms with Crippen LogP contribution in [0.25, 0.3) is 0 Å². The minimum atomic E-state index is -4.64. The monoisotopic (exact) mass is 374 g/mol. The van der Waals surface area contributed by atoms with Crippen molar-refractivity contribution in [1.82, 2.24) is 9.47 Å². The third-order valence-electron chi connectivity index (χ3n) is 4.68. The highest BCUT2D eigenvalue weighted by Gasteiger charge is 2.35. The van der Waals surface area contributed by atoms with E-state index in [1.165, 1.54) is 0 Å². The molecule has 26 heavy (non-hydrogen) atoms. The molecule has 8 heteroatoms. The summed E-state index contributed by atoms with van der Waals surface area (Å²) in [6, 6.07) is -0.634. The third kappa shape index (κ3) is 5.09. The lowest BCUT2D eigenvalue weighted by Crippen LogP contribution is -2.33. The average Bonchev–Trinajstić information content (AvgIpc) is 3.03. The predicted molar refractivity (Wildman–Crippen MR) is 91.2 cm³/mol. The van der Waals surface area contributed by atoms with Crippen LogP contribution in [0.1, 0.15) is 50.3 Å². The zero-order valence-electron chi connectivity index (χ0n) is 15.1. The van der Waals surface area contributed by atoms with Crippen molar-refractivity contribution in [2.45, 2.75) is 51.7 Å². The summed E-state index contributed by atoms with van der Waals surface area (Å²) in [5, 5.41) is 9.43. The molecule has 1 atom stereocenters. The van der Waals surface area contributed by atoms with Gasteiger partial charge in [0.05, 0.1) is 5.56 Å². The summed E-state index contributed by atoms with van der Waals surface area (Å²) in [6.07, 6.45) is -1.19. The van der Waals surface area contributed by atoms with Crippen LogP contribution < -0.4 is 5.56 Å². The highest BCUT2D eigenvalue weighted by molar-refractivity contribution is 5.71. The molecule has 0 aromatic carbocycles. The Bertz CT molecular complexity index is 692. The summed E-state index contributed by atoms with van der Waals surface area (Å²) in [5.41, 5.74) is -1.93. The molecule has 1 fully saturated rings. The number of carboxylic acids is 1. The van der Waals surface area contributed by atoms with Crippen LogP contribution in [0.15, 0.2) is 17.1 Å². The van der Waals surface area contributed by atoms with Crippen molar-refractivity contribution in [1.29, 1.82) is 0 Å². The number of alkyl halides is 3. The molecule has 1 aromatic rings. The minimum absolute atomic E-state index is 0.0154. The van der Waals surface area contributed by atoms with Gasteiger partial charge in [0.15, 0.2) is 0 Å². The lowest BCUT2D eigenvalue weighted by molar-refractivity contribution is -0.141. The summed E-state index contributed by atoms with van der Waals surface area (Å²) in [6.45, 7) is 5.78. The van der Waals surface area contributed by atoms with Gasteiger partial charge in [0, 0.05) is 18.8 Å². The van der Waals surface area contributed by atoms with Crippen molar-refractivity contribution >= 4 is 5.97 Å². The molecule has 146 valence electrons. The van der Waals surface area contributed by atoms with E-state index in [1.807, 2.05) is 0 Å². The van der Waals surface area contributed by atoms with Gasteiger partial charge in [-0.15, -0.1) is 0 Å². The Hall–Kier alpha value is -1.83. The molecular weight excluding hydrogens is 349 g/mol. The summed E-state index contributed by atoms with van der Waals surface area (Å²) in [7, 11) is 0. The minimum Gasteiger partial charge on any atom is -0.480 e. The van der Waals surface area contributed by atoms with Crippen molar-refractivity contribution in [2.75, 3.05) is 19.6 Å². The van der Waals surface area contributed by atoms with Crippen LogP contribution in [0.2, 0.25) is 0 Å². The average molecular weight is 374 g/mol. The van der Waals surface area contributed by atoms with Gasteiger partial charge in [-0.1, -0.05) is 13.8 Å². The quantitative estimate of drug-likeness (QED) is 0.796. The molecule has 0 bridgehead atoms. The SMILES string of the molecule is CC(C)CC(C(=O)O)n1cc(CCN2CCCC2)c(C(F)(F)F)cc1=O. The maximum Gasteiger partial charge on any atom is 0.416 e. The second-order valence-electron chi connectivity index (χ2n) is 7.24. The fraction of sp³-hybridized carbons (Fsp3) is 0.667. The van der Waals surface area contributed by atoms with E-state index in [0.29, 0.717) is 12.6 Å². The molecule has 2 heterocycles. The molecule has 1 saturated heterocycles.